The van der Waals surface area contributed by atoms with Crippen LogP contribution in [0.25, 0.3) is 0 Å². The summed E-state index contributed by atoms with van der Waals surface area (Å²) in [6.45, 7) is 0. The predicted octanol–water partition coefficient (Wildman–Crippen LogP) is 11.3. The maximum atomic E-state index is 17.2. The van der Waals surface area contributed by atoms with Gasteiger partial charge in [0, 0.05) is 59.7 Å². The molecule has 0 N–H and O–H groups in total. The minimum atomic E-state index is -2.21. The molecular formula is C41H64IrN2OP2+2. The van der Waals surface area contributed by atoms with Crippen molar-refractivity contribution in [3.05, 3.63) is 48.5 Å². The Labute approximate surface area is 302 Å². The SMILES string of the molecule is CN(C)c1ccc([P+](C(=O)[P+](c2ccc(N(C)C)cc2)(C2CCCCC2)C2CCCCC2)(C2CCCCC2)C2CCCCC2)cc1.[Ir]. The molecule has 4 fully saturated rings. The monoisotopic (exact) mass is 855 g/mol. The van der Waals surface area contributed by atoms with Crippen molar-refractivity contribution in [2.75, 3.05) is 38.0 Å². The van der Waals surface area contributed by atoms with E-state index in [1.807, 2.05) is 0 Å². The van der Waals surface area contributed by atoms with Gasteiger partial charge in [0.2, 0.25) is 0 Å². The van der Waals surface area contributed by atoms with Crippen LogP contribution >= 0.6 is 14.5 Å². The first-order valence-corrected chi connectivity index (χ1v) is 23.1. The van der Waals surface area contributed by atoms with E-state index in [1.165, 1.54) is 150 Å². The molecule has 1 radical (unpaired) electrons. The number of hydrogen-bond donors (Lipinski definition) is 0. The Morgan fingerprint density at radius 2 is 0.681 bits per heavy atom. The fraction of sp³-hybridized carbons (Fsp3) is 0.683. The Hall–Kier alpha value is -0.781. The summed E-state index contributed by atoms with van der Waals surface area (Å²) < 4.78 is 0. The molecule has 4 aliphatic carbocycles. The zero-order valence-corrected chi connectivity index (χ0v) is 34.3. The fourth-order valence-corrected chi connectivity index (χ4v) is 25.9. The van der Waals surface area contributed by atoms with E-state index >= 15 is 4.79 Å². The van der Waals surface area contributed by atoms with Gasteiger partial charge in [-0.15, -0.1) is 0 Å². The zero-order chi connectivity index (χ0) is 32.1. The molecule has 0 spiro atoms. The molecule has 0 aromatic heterocycles. The van der Waals surface area contributed by atoms with Crippen LogP contribution in [-0.4, -0.2) is 56.1 Å². The summed E-state index contributed by atoms with van der Waals surface area (Å²) in [5, 5.41) is 3.90. The second-order valence-corrected chi connectivity index (χ2v) is 24.1. The Balaban J connectivity index is 0.00000433. The van der Waals surface area contributed by atoms with Crippen LogP contribution in [0.3, 0.4) is 0 Å². The Kier molecular flexibility index (Phi) is 13.5. The number of carbonyl (C=O) groups excluding carboxylic acids is 1. The number of rotatable bonds is 10. The molecule has 6 rings (SSSR count). The van der Waals surface area contributed by atoms with Gasteiger partial charge in [0.1, 0.15) is 10.6 Å². The molecule has 2 aromatic rings. The second kappa shape index (κ2) is 17.0. The topological polar surface area (TPSA) is 23.6 Å². The van der Waals surface area contributed by atoms with E-state index in [4.69, 9.17) is 0 Å². The van der Waals surface area contributed by atoms with Gasteiger partial charge in [-0.1, -0.05) is 25.7 Å². The van der Waals surface area contributed by atoms with Gasteiger partial charge >= 0.3 is 5.27 Å². The molecule has 0 atom stereocenters. The minimum Gasteiger partial charge on any atom is -0.378 e. The Morgan fingerprint density at radius 3 is 0.894 bits per heavy atom. The summed E-state index contributed by atoms with van der Waals surface area (Å²) in [5.41, 5.74) is 4.84. The van der Waals surface area contributed by atoms with Crippen LogP contribution in [0.1, 0.15) is 128 Å². The molecule has 6 heteroatoms. The van der Waals surface area contributed by atoms with Crippen LogP contribution in [0, 0.1) is 0 Å². The van der Waals surface area contributed by atoms with E-state index in [9.17, 15) is 0 Å². The van der Waals surface area contributed by atoms with Crippen molar-refractivity contribution in [3.8, 4) is 0 Å². The number of anilines is 2. The minimum absolute atomic E-state index is 0. The van der Waals surface area contributed by atoms with Crippen molar-refractivity contribution >= 4 is 41.8 Å². The molecule has 2 aromatic carbocycles. The Morgan fingerprint density at radius 1 is 0.447 bits per heavy atom. The molecule has 0 bridgehead atoms. The molecule has 0 heterocycles. The third-order valence-electron chi connectivity index (χ3n) is 12.8. The van der Waals surface area contributed by atoms with Crippen molar-refractivity contribution in [2.24, 2.45) is 0 Å². The van der Waals surface area contributed by atoms with Crippen molar-refractivity contribution in [2.45, 2.75) is 151 Å². The van der Waals surface area contributed by atoms with Gasteiger partial charge in [0.15, 0.2) is 14.5 Å². The third-order valence-corrected chi connectivity index (χ3v) is 25.1. The van der Waals surface area contributed by atoms with Crippen LogP contribution in [0.15, 0.2) is 48.5 Å². The molecule has 47 heavy (non-hydrogen) atoms. The average Bonchev–Trinajstić information content (AvgIpc) is 3.11. The normalized spacial score (nSPS) is 21.2. The van der Waals surface area contributed by atoms with E-state index in [1.54, 1.807) is 0 Å². The summed E-state index contributed by atoms with van der Waals surface area (Å²) in [6, 6.07) is 19.5. The van der Waals surface area contributed by atoms with Gasteiger partial charge in [0.05, 0.1) is 22.6 Å². The maximum Gasteiger partial charge on any atom is 0.407 e. The molecule has 0 amide bonds. The summed E-state index contributed by atoms with van der Waals surface area (Å²) in [7, 11) is 4.21. The smallest absolute Gasteiger partial charge is 0.378 e. The Bertz CT molecular complexity index is 1120. The molecule has 261 valence electrons. The summed E-state index contributed by atoms with van der Waals surface area (Å²) in [6.07, 6.45) is 26.2. The van der Waals surface area contributed by atoms with Gasteiger partial charge in [0.25, 0.3) is 0 Å². The molecule has 4 aliphatic rings. The van der Waals surface area contributed by atoms with Gasteiger partial charge in [-0.25, -0.2) is 4.79 Å². The standard InChI is InChI=1S/C41H64N2OP2.Ir/c1-42(2)33-25-29-39(30-26-33)45(35-17-9-5-10-18-35,36-19-11-6-12-20-36)41(44)46(37-21-13-7-14-22-37,38-23-15-8-16-24-38)40-31-27-34(28-32-40)43(3)4;/h25-32,35-38H,5-24H2,1-4H3;/q+2;. The summed E-state index contributed by atoms with van der Waals surface area (Å²) in [4.78, 5) is 21.7. The van der Waals surface area contributed by atoms with E-state index in [0.717, 1.165) is 5.27 Å². The molecule has 0 unspecified atom stereocenters. The molecule has 0 aliphatic heterocycles. The van der Waals surface area contributed by atoms with Gasteiger partial charge in [-0.3, -0.25) is 0 Å². The van der Waals surface area contributed by atoms with Crippen LogP contribution in [-0.2, 0) is 20.1 Å². The number of nitrogens with zero attached hydrogens (tertiary/aromatic N) is 2. The van der Waals surface area contributed by atoms with Gasteiger partial charge in [-0.2, -0.15) is 0 Å². The quantitative estimate of drug-likeness (QED) is 0.223. The fourth-order valence-electron chi connectivity index (χ4n) is 10.5. The van der Waals surface area contributed by atoms with Crippen molar-refractivity contribution in [1.29, 1.82) is 0 Å². The van der Waals surface area contributed by atoms with Crippen molar-refractivity contribution < 1.29 is 24.9 Å². The zero-order valence-electron chi connectivity index (χ0n) is 30.1. The maximum absolute atomic E-state index is 17.2. The van der Waals surface area contributed by atoms with E-state index in [-0.39, 0.29) is 20.1 Å². The van der Waals surface area contributed by atoms with E-state index in [0.29, 0.717) is 22.6 Å². The molecule has 0 saturated heterocycles. The van der Waals surface area contributed by atoms with Gasteiger partial charge in [-0.05, 0) is 151 Å². The first-order chi connectivity index (χ1) is 22.4. The van der Waals surface area contributed by atoms with Crippen LogP contribution in [0.5, 0.6) is 0 Å². The van der Waals surface area contributed by atoms with Gasteiger partial charge < -0.3 is 9.80 Å². The number of carbonyl (C=O) groups is 1. The largest absolute Gasteiger partial charge is 0.407 e. The predicted molar refractivity (Wildman–Crippen MR) is 208 cm³/mol. The number of hydrogen-bond acceptors (Lipinski definition) is 3. The van der Waals surface area contributed by atoms with Crippen molar-refractivity contribution in [3.63, 3.8) is 0 Å². The summed E-state index contributed by atoms with van der Waals surface area (Å²) in [5.74, 6) is 0. The first-order valence-electron chi connectivity index (χ1n) is 19.3. The molecular weight excluding hydrogens is 791 g/mol. The molecule has 3 nitrogen and oxygen atoms in total. The van der Waals surface area contributed by atoms with Crippen molar-refractivity contribution in [1.82, 2.24) is 0 Å². The van der Waals surface area contributed by atoms with Crippen LogP contribution in [0.4, 0.5) is 16.2 Å². The van der Waals surface area contributed by atoms with E-state index in [2.05, 4.69) is 86.5 Å². The number of benzene rings is 2. The third kappa shape index (κ3) is 7.35. The summed E-state index contributed by atoms with van der Waals surface area (Å²) >= 11 is 0. The first kappa shape index (κ1) is 37.5. The average molecular weight is 855 g/mol. The molecule has 4 saturated carbocycles. The van der Waals surface area contributed by atoms with Crippen LogP contribution in [0.2, 0.25) is 0 Å². The van der Waals surface area contributed by atoms with Crippen LogP contribution < -0.4 is 20.4 Å². The van der Waals surface area contributed by atoms with E-state index < -0.39 is 14.5 Å². The second-order valence-electron chi connectivity index (χ2n) is 15.8.